The Morgan fingerprint density at radius 3 is 3.00 bits per heavy atom. The van der Waals surface area contributed by atoms with E-state index in [9.17, 15) is 9.50 Å². The van der Waals surface area contributed by atoms with Gasteiger partial charge in [0.1, 0.15) is 11.9 Å². The molecule has 4 heteroatoms. The number of hydrogen-bond acceptors (Lipinski definition) is 3. The first kappa shape index (κ1) is 15.0. The summed E-state index contributed by atoms with van der Waals surface area (Å²) in [6, 6.07) is 6.43. The normalized spacial score (nSPS) is 26.2. The molecule has 2 rings (SSSR count). The van der Waals surface area contributed by atoms with Crippen LogP contribution in [0.15, 0.2) is 18.2 Å². The van der Waals surface area contributed by atoms with Gasteiger partial charge in [-0.1, -0.05) is 25.8 Å². The highest BCUT2D eigenvalue weighted by molar-refractivity contribution is 5.34. The van der Waals surface area contributed by atoms with E-state index in [4.69, 9.17) is 5.26 Å². The molecule has 0 spiro atoms. The molecular weight excluding hydrogens is 255 g/mol. The summed E-state index contributed by atoms with van der Waals surface area (Å²) in [5, 5.41) is 22.0. The van der Waals surface area contributed by atoms with Crippen LogP contribution in [0.4, 0.5) is 4.39 Å². The van der Waals surface area contributed by atoms with E-state index in [2.05, 4.69) is 12.2 Å². The number of benzene rings is 1. The van der Waals surface area contributed by atoms with Crippen LogP contribution in [0.25, 0.3) is 0 Å². The van der Waals surface area contributed by atoms with E-state index in [0.717, 1.165) is 24.8 Å². The lowest BCUT2D eigenvalue weighted by Gasteiger charge is -2.39. The van der Waals surface area contributed by atoms with Crippen molar-refractivity contribution in [1.29, 1.82) is 5.26 Å². The fraction of sp³-hybridized carbons (Fsp3) is 0.562. The van der Waals surface area contributed by atoms with Crippen molar-refractivity contribution in [2.45, 2.75) is 44.7 Å². The predicted molar refractivity (Wildman–Crippen MR) is 75.4 cm³/mol. The third kappa shape index (κ3) is 3.36. The van der Waals surface area contributed by atoms with E-state index in [0.29, 0.717) is 12.5 Å². The second-order valence-corrected chi connectivity index (χ2v) is 5.92. The van der Waals surface area contributed by atoms with Gasteiger partial charge in [0.2, 0.25) is 0 Å². The lowest BCUT2D eigenvalue weighted by atomic mass is 9.77. The molecule has 2 atom stereocenters. The summed E-state index contributed by atoms with van der Waals surface area (Å²) in [5.41, 5.74) is 0.701. The summed E-state index contributed by atoms with van der Waals surface area (Å²) >= 11 is 0. The molecule has 1 fully saturated rings. The lowest BCUT2D eigenvalue weighted by Crippen LogP contribution is -2.51. The minimum Gasteiger partial charge on any atom is -0.394 e. The third-order valence-electron chi connectivity index (χ3n) is 4.21. The quantitative estimate of drug-likeness (QED) is 0.889. The Kier molecular flexibility index (Phi) is 4.74. The minimum atomic E-state index is -0.487. The van der Waals surface area contributed by atoms with Gasteiger partial charge in [-0.25, -0.2) is 4.39 Å². The zero-order valence-electron chi connectivity index (χ0n) is 11.8. The van der Waals surface area contributed by atoms with E-state index in [1.807, 2.05) is 6.07 Å². The van der Waals surface area contributed by atoms with Crippen LogP contribution >= 0.6 is 0 Å². The highest BCUT2D eigenvalue weighted by atomic mass is 19.1. The minimum absolute atomic E-state index is 0.0689. The SMILES string of the molecule is CC1CCCC(CO)(NCc2ccc(F)c(C#N)c2)C1. The van der Waals surface area contributed by atoms with Gasteiger partial charge in [0.25, 0.3) is 0 Å². The monoisotopic (exact) mass is 276 g/mol. The largest absolute Gasteiger partial charge is 0.394 e. The predicted octanol–water partition coefficient (Wildman–Crippen LogP) is 2.73. The highest BCUT2D eigenvalue weighted by Crippen LogP contribution is 2.32. The van der Waals surface area contributed by atoms with Gasteiger partial charge in [0.15, 0.2) is 0 Å². The molecule has 2 N–H and O–H groups in total. The molecular formula is C16H21FN2O. The summed E-state index contributed by atoms with van der Waals surface area (Å²) in [6.45, 7) is 2.86. The highest BCUT2D eigenvalue weighted by Gasteiger charge is 2.33. The number of nitrogens with one attached hydrogen (secondary N) is 1. The van der Waals surface area contributed by atoms with Crippen LogP contribution in [0.2, 0.25) is 0 Å². The molecule has 0 aliphatic heterocycles. The third-order valence-corrected chi connectivity index (χ3v) is 4.21. The number of nitrogens with zero attached hydrogens (tertiary/aromatic N) is 1. The van der Waals surface area contributed by atoms with Gasteiger partial charge >= 0.3 is 0 Å². The second-order valence-electron chi connectivity index (χ2n) is 5.92. The van der Waals surface area contributed by atoms with E-state index in [1.54, 1.807) is 12.1 Å². The van der Waals surface area contributed by atoms with E-state index >= 15 is 0 Å². The maximum absolute atomic E-state index is 13.3. The van der Waals surface area contributed by atoms with Crippen molar-refractivity contribution in [1.82, 2.24) is 5.32 Å². The fourth-order valence-electron chi connectivity index (χ4n) is 3.08. The van der Waals surface area contributed by atoms with Crippen LogP contribution in [0.5, 0.6) is 0 Å². The summed E-state index contributed by atoms with van der Waals surface area (Å²) < 4.78 is 13.3. The topological polar surface area (TPSA) is 56.0 Å². The van der Waals surface area contributed by atoms with Gasteiger partial charge in [-0.3, -0.25) is 0 Å². The number of nitriles is 1. The van der Waals surface area contributed by atoms with Gasteiger partial charge in [-0.05, 0) is 36.5 Å². The van der Waals surface area contributed by atoms with Crippen LogP contribution in [-0.2, 0) is 6.54 Å². The molecule has 0 saturated heterocycles. The van der Waals surface area contributed by atoms with Crippen molar-refractivity contribution < 1.29 is 9.50 Å². The van der Waals surface area contributed by atoms with Gasteiger partial charge in [0.05, 0.1) is 12.2 Å². The van der Waals surface area contributed by atoms with Crippen LogP contribution in [-0.4, -0.2) is 17.3 Å². The standard InChI is InChI=1S/C16H21FN2O/c1-12-3-2-6-16(8-12,11-20)19-10-13-4-5-15(17)14(7-13)9-18/h4-5,7,12,19-20H,2-3,6,8,10-11H2,1H3. The van der Waals surface area contributed by atoms with Crippen LogP contribution < -0.4 is 5.32 Å². The molecule has 0 aromatic heterocycles. The Hall–Kier alpha value is -1.44. The Labute approximate surface area is 119 Å². The first-order chi connectivity index (χ1) is 9.58. The fourth-order valence-corrected chi connectivity index (χ4v) is 3.08. The Morgan fingerprint density at radius 1 is 1.55 bits per heavy atom. The number of rotatable bonds is 4. The van der Waals surface area contributed by atoms with E-state index in [1.165, 1.54) is 12.5 Å². The molecule has 0 bridgehead atoms. The molecule has 0 heterocycles. The van der Waals surface area contributed by atoms with E-state index in [-0.39, 0.29) is 17.7 Å². The first-order valence-corrected chi connectivity index (χ1v) is 7.13. The molecule has 1 aromatic rings. The van der Waals surface area contributed by atoms with Crippen LogP contribution in [0.3, 0.4) is 0 Å². The Balaban J connectivity index is 2.05. The molecule has 20 heavy (non-hydrogen) atoms. The molecule has 3 nitrogen and oxygen atoms in total. The summed E-state index contributed by atoms with van der Waals surface area (Å²) in [5.74, 6) is 0.116. The zero-order chi connectivity index (χ0) is 14.6. The van der Waals surface area contributed by atoms with Crippen LogP contribution in [0.1, 0.15) is 43.7 Å². The number of halogens is 1. The van der Waals surface area contributed by atoms with Crippen molar-refractivity contribution in [2.75, 3.05) is 6.61 Å². The summed E-state index contributed by atoms with van der Waals surface area (Å²) in [4.78, 5) is 0. The maximum Gasteiger partial charge on any atom is 0.140 e. The average Bonchev–Trinajstić information content (AvgIpc) is 2.46. The van der Waals surface area contributed by atoms with E-state index < -0.39 is 5.82 Å². The zero-order valence-corrected chi connectivity index (χ0v) is 11.8. The Morgan fingerprint density at radius 2 is 2.35 bits per heavy atom. The Bertz CT molecular complexity index is 512. The number of hydrogen-bond donors (Lipinski definition) is 2. The second kappa shape index (κ2) is 6.34. The molecule has 108 valence electrons. The van der Waals surface area contributed by atoms with Crippen molar-refractivity contribution in [2.24, 2.45) is 5.92 Å². The van der Waals surface area contributed by atoms with Gasteiger partial charge in [-0.15, -0.1) is 0 Å². The molecule has 0 amide bonds. The van der Waals surface area contributed by atoms with Gasteiger partial charge in [-0.2, -0.15) is 5.26 Å². The number of aliphatic hydroxyl groups excluding tert-OH is 1. The van der Waals surface area contributed by atoms with Crippen LogP contribution in [0, 0.1) is 23.1 Å². The number of aliphatic hydroxyl groups is 1. The lowest BCUT2D eigenvalue weighted by molar-refractivity contribution is 0.0982. The van der Waals surface area contributed by atoms with Gasteiger partial charge in [0, 0.05) is 12.1 Å². The van der Waals surface area contributed by atoms with Crippen molar-refractivity contribution in [3.63, 3.8) is 0 Å². The van der Waals surface area contributed by atoms with Crippen molar-refractivity contribution in [3.05, 3.63) is 35.1 Å². The van der Waals surface area contributed by atoms with Crippen molar-refractivity contribution in [3.8, 4) is 6.07 Å². The molecule has 1 saturated carbocycles. The summed E-state index contributed by atoms with van der Waals surface area (Å²) in [7, 11) is 0. The molecule has 1 aliphatic rings. The van der Waals surface area contributed by atoms with Crippen molar-refractivity contribution >= 4 is 0 Å². The summed E-state index contributed by atoms with van der Waals surface area (Å²) in [6.07, 6.45) is 4.23. The molecule has 1 aromatic carbocycles. The molecule has 0 radical (unpaired) electrons. The van der Waals surface area contributed by atoms with Gasteiger partial charge < -0.3 is 10.4 Å². The molecule has 1 aliphatic carbocycles. The first-order valence-electron chi connectivity index (χ1n) is 7.13. The maximum atomic E-state index is 13.3. The molecule has 2 unspecified atom stereocenters. The smallest absolute Gasteiger partial charge is 0.140 e. The average molecular weight is 276 g/mol.